The Kier molecular flexibility index (Phi) is 3.29. The lowest BCUT2D eigenvalue weighted by Crippen LogP contribution is -2.36. The lowest BCUT2D eigenvalue weighted by atomic mass is 9.77. The molecule has 3 aliphatic rings. The van der Waals surface area contributed by atoms with E-state index >= 15 is 0 Å². The lowest BCUT2D eigenvalue weighted by Gasteiger charge is -2.32. The van der Waals surface area contributed by atoms with Crippen molar-refractivity contribution < 1.29 is 0 Å². The molecule has 1 N–H and O–H groups in total. The topological polar surface area (TPSA) is 12.0 Å². The number of halogens is 2. The fourth-order valence-electron chi connectivity index (χ4n) is 4.09. The molecule has 0 aliphatic heterocycles. The van der Waals surface area contributed by atoms with Gasteiger partial charge >= 0.3 is 0 Å². The molecule has 2 unspecified atom stereocenters. The van der Waals surface area contributed by atoms with E-state index in [0.717, 1.165) is 24.3 Å². The van der Waals surface area contributed by atoms with E-state index in [9.17, 15) is 0 Å². The van der Waals surface area contributed by atoms with E-state index < -0.39 is 0 Å². The Morgan fingerprint density at radius 3 is 2.50 bits per heavy atom. The first-order valence-corrected chi connectivity index (χ1v) is 8.56. The summed E-state index contributed by atoms with van der Waals surface area (Å²) >= 11 is 12.2. The van der Waals surface area contributed by atoms with Crippen LogP contribution < -0.4 is 5.32 Å². The maximum atomic E-state index is 6.17. The summed E-state index contributed by atoms with van der Waals surface area (Å²) in [6, 6.07) is 6.96. The van der Waals surface area contributed by atoms with E-state index in [1.807, 2.05) is 6.07 Å². The highest BCUT2D eigenvalue weighted by atomic mass is 35.5. The van der Waals surface area contributed by atoms with Crippen LogP contribution in [-0.2, 0) is 6.42 Å². The van der Waals surface area contributed by atoms with Crippen LogP contribution in [0.15, 0.2) is 18.2 Å². The monoisotopic (exact) mass is 309 g/mol. The molecule has 20 heavy (non-hydrogen) atoms. The van der Waals surface area contributed by atoms with Crippen LogP contribution in [-0.4, -0.2) is 12.6 Å². The molecule has 4 rings (SSSR count). The first-order valence-electron chi connectivity index (χ1n) is 7.81. The first kappa shape index (κ1) is 13.4. The predicted molar refractivity (Wildman–Crippen MR) is 84.5 cm³/mol. The molecular formula is C17H21Cl2N. The molecule has 1 aromatic rings. The molecule has 108 valence electrons. The van der Waals surface area contributed by atoms with Crippen LogP contribution in [0.1, 0.15) is 37.7 Å². The van der Waals surface area contributed by atoms with Gasteiger partial charge in [0.2, 0.25) is 0 Å². The van der Waals surface area contributed by atoms with Crippen molar-refractivity contribution in [1.29, 1.82) is 0 Å². The SMILES string of the molecule is Clc1ccc(CC2(CNC3CC3)CC3CC3C2)cc1Cl. The van der Waals surface area contributed by atoms with Crippen molar-refractivity contribution in [3.8, 4) is 0 Å². The summed E-state index contributed by atoms with van der Waals surface area (Å²) in [6.45, 7) is 1.19. The number of hydrogen-bond acceptors (Lipinski definition) is 1. The highest BCUT2D eigenvalue weighted by Crippen LogP contribution is 2.60. The van der Waals surface area contributed by atoms with Gasteiger partial charge in [0.25, 0.3) is 0 Å². The summed E-state index contributed by atoms with van der Waals surface area (Å²) < 4.78 is 0. The smallest absolute Gasteiger partial charge is 0.0595 e. The Morgan fingerprint density at radius 2 is 1.85 bits per heavy atom. The molecule has 3 aliphatic carbocycles. The molecule has 0 amide bonds. The van der Waals surface area contributed by atoms with Gasteiger partial charge in [-0.2, -0.15) is 0 Å². The van der Waals surface area contributed by atoms with E-state index in [1.165, 1.54) is 44.2 Å². The van der Waals surface area contributed by atoms with Gasteiger partial charge in [-0.1, -0.05) is 29.3 Å². The van der Waals surface area contributed by atoms with Crippen molar-refractivity contribution in [2.75, 3.05) is 6.54 Å². The van der Waals surface area contributed by atoms with Crippen LogP contribution in [0.2, 0.25) is 10.0 Å². The molecule has 0 bridgehead atoms. The van der Waals surface area contributed by atoms with Gasteiger partial charge in [0.1, 0.15) is 0 Å². The molecule has 3 heteroatoms. The highest BCUT2D eigenvalue weighted by Gasteiger charge is 2.53. The summed E-state index contributed by atoms with van der Waals surface area (Å²) in [6.07, 6.45) is 8.17. The van der Waals surface area contributed by atoms with Gasteiger partial charge in [0.05, 0.1) is 10.0 Å². The predicted octanol–water partition coefficient (Wildman–Crippen LogP) is 4.70. The van der Waals surface area contributed by atoms with Gasteiger partial charge in [0, 0.05) is 12.6 Å². The van der Waals surface area contributed by atoms with Gasteiger partial charge in [-0.15, -0.1) is 0 Å². The standard InChI is InChI=1S/C17H21Cl2N/c18-15-4-1-11(5-16(15)19)7-17(10-20-14-2-3-14)8-12-6-13(12)9-17/h1,4-5,12-14,20H,2-3,6-10H2. The minimum Gasteiger partial charge on any atom is -0.313 e. The molecule has 1 aromatic carbocycles. The second-order valence-corrected chi connectivity index (χ2v) is 8.06. The average molecular weight is 310 g/mol. The zero-order chi connectivity index (χ0) is 13.7. The van der Waals surface area contributed by atoms with Crippen molar-refractivity contribution in [1.82, 2.24) is 5.32 Å². The van der Waals surface area contributed by atoms with E-state index in [4.69, 9.17) is 23.2 Å². The summed E-state index contributed by atoms with van der Waals surface area (Å²) in [4.78, 5) is 0. The van der Waals surface area contributed by atoms with Gasteiger partial charge in [-0.05, 0) is 73.5 Å². The van der Waals surface area contributed by atoms with Crippen molar-refractivity contribution in [3.05, 3.63) is 33.8 Å². The second-order valence-electron chi connectivity index (χ2n) is 7.24. The largest absolute Gasteiger partial charge is 0.313 e. The van der Waals surface area contributed by atoms with Crippen LogP contribution in [0.4, 0.5) is 0 Å². The minimum atomic E-state index is 0.466. The van der Waals surface area contributed by atoms with Crippen molar-refractivity contribution in [2.45, 2.75) is 44.6 Å². The Labute approximate surface area is 131 Å². The third-order valence-electron chi connectivity index (χ3n) is 5.37. The number of benzene rings is 1. The fourth-order valence-corrected chi connectivity index (χ4v) is 4.41. The Morgan fingerprint density at radius 1 is 1.10 bits per heavy atom. The summed E-state index contributed by atoms with van der Waals surface area (Å²) in [5.74, 6) is 2.03. The Hall–Kier alpha value is -0.240. The van der Waals surface area contributed by atoms with Gasteiger partial charge in [0.15, 0.2) is 0 Å². The number of nitrogens with one attached hydrogen (secondary N) is 1. The molecule has 0 aromatic heterocycles. The van der Waals surface area contributed by atoms with Crippen LogP contribution >= 0.6 is 23.2 Å². The molecule has 2 atom stereocenters. The van der Waals surface area contributed by atoms with Crippen molar-refractivity contribution >= 4 is 23.2 Å². The molecule has 0 heterocycles. The quantitative estimate of drug-likeness (QED) is 0.831. The zero-order valence-corrected chi connectivity index (χ0v) is 13.2. The number of hydrogen-bond donors (Lipinski definition) is 1. The van der Waals surface area contributed by atoms with E-state index in [0.29, 0.717) is 15.5 Å². The van der Waals surface area contributed by atoms with Crippen LogP contribution in [0.25, 0.3) is 0 Å². The van der Waals surface area contributed by atoms with Crippen molar-refractivity contribution in [2.24, 2.45) is 17.3 Å². The molecule has 0 spiro atoms. The normalized spacial score (nSPS) is 35.1. The molecule has 0 saturated heterocycles. The lowest BCUT2D eigenvalue weighted by molar-refractivity contribution is 0.247. The third-order valence-corrected chi connectivity index (χ3v) is 6.10. The summed E-state index contributed by atoms with van der Waals surface area (Å²) in [5, 5.41) is 5.12. The second kappa shape index (κ2) is 4.90. The van der Waals surface area contributed by atoms with Crippen LogP contribution in [0.3, 0.4) is 0 Å². The summed E-state index contributed by atoms with van der Waals surface area (Å²) in [5.41, 5.74) is 1.81. The zero-order valence-electron chi connectivity index (χ0n) is 11.7. The maximum absolute atomic E-state index is 6.17. The highest BCUT2D eigenvalue weighted by molar-refractivity contribution is 6.42. The molecule has 1 nitrogen and oxygen atoms in total. The van der Waals surface area contributed by atoms with Gasteiger partial charge in [-0.25, -0.2) is 0 Å². The average Bonchev–Trinajstić information content (AvgIpc) is 3.33. The third kappa shape index (κ3) is 2.73. The first-order chi connectivity index (χ1) is 9.63. The molecular weight excluding hydrogens is 289 g/mol. The Balaban J connectivity index is 1.50. The van der Waals surface area contributed by atoms with Gasteiger partial charge < -0.3 is 5.32 Å². The van der Waals surface area contributed by atoms with Crippen LogP contribution in [0, 0.1) is 17.3 Å². The molecule has 3 saturated carbocycles. The van der Waals surface area contributed by atoms with Crippen molar-refractivity contribution in [3.63, 3.8) is 0 Å². The summed E-state index contributed by atoms with van der Waals surface area (Å²) in [7, 11) is 0. The van der Waals surface area contributed by atoms with Gasteiger partial charge in [-0.3, -0.25) is 0 Å². The molecule has 0 radical (unpaired) electrons. The minimum absolute atomic E-state index is 0.466. The van der Waals surface area contributed by atoms with Crippen LogP contribution in [0.5, 0.6) is 0 Å². The van der Waals surface area contributed by atoms with E-state index in [2.05, 4.69) is 17.4 Å². The molecule has 3 fully saturated rings. The van der Waals surface area contributed by atoms with E-state index in [-0.39, 0.29) is 0 Å². The number of rotatable bonds is 5. The maximum Gasteiger partial charge on any atom is 0.0595 e. The van der Waals surface area contributed by atoms with E-state index in [1.54, 1.807) is 0 Å². The number of fused-ring (bicyclic) bond motifs is 1. The Bertz CT molecular complexity index is 514. The fraction of sp³-hybridized carbons (Fsp3) is 0.647.